The molecule has 0 saturated carbocycles. The second kappa shape index (κ2) is 7.89. The second-order valence-corrected chi connectivity index (χ2v) is 9.23. The zero-order chi connectivity index (χ0) is 21.5. The molecule has 0 saturated heterocycles. The predicted octanol–water partition coefficient (Wildman–Crippen LogP) is 2.31. The number of nitrogens with one attached hydrogen (secondary N) is 1. The van der Waals surface area contributed by atoms with Gasteiger partial charge in [-0.05, 0) is 24.1 Å². The van der Waals surface area contributed by atoms with Crippen LogP contribution >= 0.6 is 0 Å². The van der Waals surface area contributed by atoms with Crippen molar-refractivity contribution in [3.05, 3.63) is 63.2 Å². The highest BCUT2D eigenvalue weighted by atomic mass is 16.3. The molecule has 30 heavy (non-hydrogen) atoms. The SMILES string of the molecule is CN(CCO)c1ccc(CN2CCc3c(nc4cc(C(C)(C)C)[nH]n4c3=O)C2)cc1. The topological polar surface area (TPSA) is 76.9 Å². The fourth-order valence-corrected chi connectivity index (χ4v) is 3.96. The number of hydrogen-bond acceptors (Lipinski definition) is 5. The summed E-state index contributed by atoms with van der Waals surface area (Å²) in [6.45, 7) is 9.48. The fourth-order valence-electron chi connectivity index (χ4n) is 3.96. The Morgan fingerprint density at radius 2 is 1.97 bits per heavy atom. The zero-order valence-corrected chi connectivity index (χ0v) is 18.3. The van der Waals surface area contributed by atoms with E-state index in [-0.39, 0.29) is 17.6 Å². The van der Waals surface area contributed by atoms with Crippen molar-refractivity contribution in [2.75, 3.05) is 31.6 Å². The summed E-state index contributed by atoms with van der Waals surface area (Å²) in [5.74, 6) is 0. The molecule has 4 rings (SSSR count). The van der Waals surface area contributed by atoms with Crippen molar-refractivity contribution in [2.24, 2.45) is 0 Å². The Labute approximate surface area is 176 Å². The van der Waals surface area contributed by atoms with Crippen LogP contribution in [-0.2, 0) is 24.9 Å². The molecular weight excluding hydrogens is 378 g/mol. The van der Waals surface area contributed by atoms with Crippen molar-refractivity contribution in [3.8, 4) is 0 Å². The van der Waals surface area contributed by atoms with Crippen LogP contribution in [0.25, 0.3) is 5.65 Å². The van der Waals surface area contributed by atoms with E-state index in [0.717, 1.165) is 35.7 Å². The molecule has 1 aliphatic rings. The minimum absolute atomic E-state index is 0.0291. The van der Waals surface area contributed by atoms with Crippen LogP contribution in [-0.4, -0.2) is 51.3 Å². The zero-order valence-electron chi connectivity index (χ0n) is 18.3. The summed E-state index contributed by atoms with van der Waals surface area (Å²) in [5.41, 5.74) is 5.72. The van der Waals surface area contributed by atoms with Crippen molar-refractivity contribution in [1.29, 1.82) is 0 Å². The van der Waals surface area contributed by atoms with Gasteiger partial charge in [0, 0.05) is 61.7 Å². The number of anilines is 1. The number of aliphatic hydroxyl groups is 1. The molecule has 160 valence electrons. The predicted molar refractivity (Wildman–Crippen MR) is 119 cm³/mol. The third kappa shape index (κ3) is 4.00. The van der Waals surface area contributed by atoms with Gasteiger partial charge in [-0.15, -0.1) is 0 Å². The number of H-pyrrole nitrogens is 1. The van der Waals surface area contributed by atoms with Gasteiger partial charge in [-0.2, -0.15) is 0 Å². The first kappa shape index (κ1) is 20.6. The fraction of sp³-hybridized carbons (Fsp3) is 0.478. The van der Waals surface area contributed by atoms with E-state index in [1.807, 2.05) is 18.0 Å². The number of aromatic amines is 1. The third-order valence-electron chi connectivity index (χ3n) is 5.87. The number of nitrogens with zero attached hydrogens (tertiary/aromatic N) is 4. The van der Waals surface area contributed by atoms with Crippen LogP contribution in [0.1, 0.15) is 43.3 Å². The van der Waals surface area contributed by atoms with Gasteiger partial charge in [-0.3, -0.25) is 14.8 Å². The molecular formula is C23H31N5O2. The lowest BCUT2D eigenvalue weighted by Gasteiger charge is -2.27. The van der Waals surface area contributed by atoms with Crippen molar-refractivity contribution in [3.63, 3.8) is 0 Å². The molecule has 3 aromatic rings. The molecule has 7 heteroatoms. The Bertz CT molecular complexity index is 1090. The van der Waals surface area contributed by atoms with Gasteiger partial charge < -0.3 is 10.0 Å². The molecule has 0 radical (unpaired) electrons. The molecule has 0 bridgehead atoms. The number of rotatable bonds is 5. The van der Waals surface area contributed by atoms with E-state index >= 15 is 0 Å². The first-order valence-corrected chi connectivity index (χ1v) is 10.5. The quantitative estimate of drug-likeness (QED) is 0.676. The lowest BCUT2D eigenvalue weighted by molar-refractivity contribution is 0.240. The molecule has 1 aliphatic heterocycles. The highest BCUT2D eigenvalue weighted by Crippen LogP contribution is 2.23. The first-order chi connectivity index (χ1) is 14.3. The summed E-state index contributed by atoms with van der Waals surface area (Å²) in [7, 11) is 1.98. The summed E-state index contributed by atoms with van der Waals surface area (Å²) in [4.78, 5) is 22.2. The first-order valence-electron chi connectivity index (χ1n) is 10.5. The normalized spacial score (nSPS) is 14.8. The van der Waals surface area contributed by atoms with E-state index in [1.54, 1.807) is 4.52 Å². The van der Waals surface area contributed by atoms with Gasteiger partial charge in [-0.25, -0.2) is 9.50 Å². The van der Waals surface area contributed by atoms with Crippen molar-refractivity contribution in [2.45, 2.75) is 45.7 Å². The summed E-state index contributed by atoms with van der Waals surface area (Å²) in [5, 5.41) is 12.3. The summed E-state index contributed by atoms with van der Waals surface area (Å²) < 4.78 is 1.59. The van der Waals surface area contributed by atoms with Gasteiger partial charge >= 0.3 is 0 Å². The van der Waals surface area contributed by atoms with Gasteiger partial charge in [0.2, 0.25) is 0 Å². The van der Waals surface area contributed by atoms with Crippen molar-refractivity contribution >= 4 is 11.3 Å². The van der Waals surface area contributed by atoms with E-state index in [9.17, 15) is 4.79 Å². The molecule has 0 amide bonds. The highest BCUT2D eigenvalue weighted by molar-refractivity contribution is 5.47. The van der Waals surface area contributed by atoms with Crippen LogP contribution in [0.15, 0.2) is 35.1 Å². The van der Waals surface area contributed by atoms with E-state index in [4.69, 9.17) is 10.1 Å². The van der Waals surface area contributed by atoms with Gasteiger partial charge in [0.25, 0.3) is 5.56 Å². The Morgan fingerprint density at radius 1 is 1.23 bits per heavy atom. The summed E-state index contributed by atoms with van der Waals surface area (Å²) in [6, 6.07) is 10.4. The molecule has 2 aromatic heterocycles. The number of benzene rings is 1. The molecule has 0 unspecified atom stereocenters. The average Bonchev–Trinajstić information content (AvgIpc) is 3.14. The molecule has 0 spiro atoms. The van der Waals surface area contributed by atoms with Crippen molar-refractivity contribution < 1.29 is 5.11 Å². The maximum atomic E-state index is 13.0. The number of hydrogen-bond donors (Lipinski definition) is 2. The molecule has 7 nitrogen and oxygen atoms in total. The van der Waals surface area contributed by atoms with E-state index in [1.165, 1.54) is 5.56 Å². The molecule has 0 atom stereocenters. The average molecular weight is 410 g/mol. The van der Waals surface area contributed by atoms with Crippen LogP contribution < -0.4 is 10.5 Å². The second-order valence-electron chi connectivity index (χ2n) is 9.23. The maximum Gasteiger partial charge on any atom is 0.276 e. The lowest BCUT2D eigenvalue weighted by Crippen LogP contribution is -2.36. The Balaban J connectivity index is 1.53. The highest BCUT2D eigenvalue weighted by Gasteiger charge is 2.24. The molecule has 1 aromatic carbocycles. The number of aromatic nitrogens is 3. The maximum absolute atomic E-state index is 13.0. The number of likely N-dealkylation sites (N-methyl/N-ethyl adjacent to an activating group) is 1. The van der Waals surface area contributed by atoms with Crippen molar-refractivity contribution in [1.82, 2.24) is 19.5 Å². The molecule has 0 fully saturated rings. The number of aliphatic hydroxyl groups excluding tert-OH is 1. The lowest BCUT2D eigenvalue weighted by atomic mass is 9.93. The molecule has 3 heterocycles. The largest absolute Gasteiger partial charge is 0.395 e. The Kier molecular flexibility index (Phi) is 5.42. The van der Waals surface area contributed by atoms with E-state index < -0.39 is 0 Å². The molecule has 2 N–H and O–H groups in total. The Hall–Kier alpha value is -2.64. The van der Waals surface area contributed by atoms with Gasteiger partial charge in [-0.1, -0.05) is 32.9 Å². The van der Waals surface area contributed by atoms with Crippen LogP contribution in [0.4, 0.5) is 5.69 Å². The third-order valence-corrected chi connectivity index (χ3v) is 5.87. The van der Waals surface area contributed by atoms with Gasteiger partial charge in [0.15, 0.2) is 5.65 Å². The summed E-state index contributed by atoms with van der Waals surface area (Å²) in [6.07, 6.45) is 0.714. The van der Waals surface area contributed by atoms with Gasteiger partial charge in [0.1, 0.15) is 0 Å². The monoisotopic (exact) mass is 409 g/mol. The number of fused-ring (bicyclic) bond motifs is 2. The van der Waals surface area contributed by atoms with Crippen LogP contribution in [0, 0.1) is 0 Å². The molecule has 0 aliphatic carbocycles. The van der Waals surface area contributed by atoms with Crippen LogP contribution in [0.5, 0.6) is 0 Å². The van der Waals surface area contributed by atoms with E-state index in [2.05, 4.69) is 55.0 Å². The van der Waals surface area contributed by atoms with Crippen LogP contribution in [0.3, 0.4) is 0 Å². The minimum atomic E-state index is -0.0654. The van der Waals surface area contributed by atoms with Crippen LogP contribution in [0.2, 0.25) is 0 Å². The van der Waals surface area contributed by atoms with E-state index in [0.29, 0.717) is 25.2 Å². The Morgan fingerprint density at radius 3 is 2.63 bits per heavy atom. The summed E-state index contributed by atoms with van der Waals surface area (Å²) >= 11 is 0. The minimum Gasteiger partial charge on any atom is -0.395 e. The smallest absolute Gasteiger partial charge is 0.276 e. The standard InChI is InChI=1S/C23H31N5O2/c1-23(2,3)20-13-21-24-19-15-27(10-9-18(19)22(30)28(21)25-20)14-16-5-7-17(8-6-16)26(4)11-12-29/h5-8,13,25,29H,9-12,14-15H2,1-4H3. The van der Waals surface area contributed by atoms with Gasteiger partial charge in [0.05, 0.1) is 12.3 Å².